The number of benzene rings is 1. The van der Waals surface area contributed by atoms with Gasteiger partial charge in [0, 0.05) is 37.7 Å². The Kier molecular flexibility index (Phi) is 9.05. The maximum absolute atomic E-state index is 15.2. The number of aryl methyl sites for hydroxylation is 1. The van der Waals surface area contributed by atoms with Crippen LogP contribution in [0.5, 0.6) is 0 Å². The summed E-state index contributed by atoms with van der Waals surface area (Å²) in [4.78, 5) is 30.6. The predicted molar refractivity (Wildman–Crippen MR) is 145 cm³/mol. The van der Waals surface area contributed by atoms with Crippen LogP contribution < -0.4 is 10.2 Å². The molecule has 0 radical (unpaired) electrons. The number of fused-ring (bicyclic) bond motifs is 1. The highest BCUT2D eigenvalue weighted by Gasteiger charge is 2.31. The van der Waals surface area contributed by atoms with E-state index in [1.807, 2.05) is 17.0 Å². The maximum Gasteiger partial charge on any atom is 0.335 e. The lowest BCUT2D eigenvalue weighted by molar-refractivity contribution is 0.0696. The van der Waals surface area contributed by atoms with Gasteiger partial charge in [-0.05, 0) is 42.5 Å². The molecule has 1 aliphatic rings. The molecule has 4 heterocycles. The van der Waals surface area contributed by atoms with Gasteiger partial charge in [-0.15, -0.1) is 24.8 Å². The van der Waals surface area contributed by atoms with Crippen LogP contribution in [0.15, 0.2) is 43.1 Å². The molecule has 0 spiro atoms. The summed E-state index contributed by atoms with van der Waals surface area (Å²) in [7, 11) is 0. The fourth-order valence-corrected chi connectivity index (χ4v) is 4.69. The number of hydrogen-bond acceptors (Lipinski definition) is 7. The Morgan fingerprint density at radius 2 is 1.87 bits per heavy atom. The summed E-state index contributed by atoms with van der Waals surface area (Å²) in [5, 5.41) is 12.0. The fourth-order valence-electron chi connectivity index (χ4n) is 4.69. The van der Waals surface area contributed by atoms with Crippen molar-refractivity contribution >= 4 is 59.3 Å². The molecule has 4 aromatic rings. The van der Waals surface area contributed by atoms with Crippen molar-refractivity contribution in [3.8, 4) is 0 Å². The van der Waals surface area contributed by atoms with Crippen molar-refractivity contribution in [2.75, 3.05) is 23.3 Å². The second-order valence-electron chi connectivity index (χ2n) is 8.95. The molecule has 2 atom stereocenters. The van der Waals surface area contributed by atoms with Crippen LogP contribution in [0.1, 0.15) is 42.2 Å². The SMILES string of the molecule is CCc1cnc(N2CC[C@@H](n3cc(F)c4c(Nc5ccc(C(=O)O)cc5F)ncnc43)[C@H](C)C2)nc1.Cl.Cl. The number of nitrogens with zero attached hydrogens (tertiary/aromatic N) is 6. The van der Waals surface area contributed by atoms with Crippen LogP contribution >= 0.6 is 24.8 Å². The average molecular weight is 566 g/mol. The highest BCUT2D eigenvalue weighted by Crippen LogP contribution is 2.35. The van der Waals surface area contributed by atoms with Crippen LogP contribution in [0, 0.1) is 17.6 Å². The van der Waals surface area contributed by atoms with Gasteiger partial charge in [0.15, 0.2) is 5.82 Å². The van der Waals surface area contributed by atoms with Crippen molar-refractivity contribution in [3.63, 3.8) is 0 Å². The van der Waals surface area contributed by atoms with Gasteiger partial charge in [0.05, 0.1) is 16.6 Å². The van der Waals surface area contributed by atoms with E-state index < -0.39 is 17.6 Å². The first kappa shape index (κ1) is 29.0. The maximum atomic E-state index is 15.2. The molecule has 1 aliphatic heterocycles. The van der Waals surface area contributed by atoms with Gasteiger partial charge in [0.2, 0.25) is 5.95 Å². The first-order valence-corrected chi connectivity index (χ1v) is 11.7. The lowest BCUT2D eigenvalue weighted by Gasteiger charge is -2.37. The molecule has 38 heavy (non-hydrogen) atoms. The number of hydrogen-bond donors (Lipinski definition) is 2. The second kappa shape index (κ2) is 11.9. The first-order valence-electron chi connectivity index (χ1n) is 11.7. The van der Waals surface area contributed by atoms with Gasteiger partial charge in [0.1, 0.15) is 23.6 Å². The molecular weight excluding hydrogens is 539 g/mol. The number of anilines is 3. The second-order valence-corrected chi connectivity index (χ2v) is 8.95. The summed E-state index contributed by atoms with van der Waals surface area (Å²) in [5.41, 5.74) is 1.29. The third kappa shape index (κ3) is 5.48. The molecule has 9 nitrogen and oxygen atoms in total. The van der Waals surface area contributed by atoms with Gasteiger partial charge in [-0.3, -0.25) is 0 Å². The largest absolute Gasteiger partial charge is 0.478 e. The summed E-state index contributed by atoms with van der Waals surface area (Å²) in [6.07, 6.45) is 8.02. The topological polar surface area (TPSA) is 109 Å². The molecule has 2 N–H and O–H groups in total. The van der Waals surface area contributed by atoms with Crippen LogP contribution in [-0.2, 0) is 6.42 Å². The fraction of sp³-hybridized carbons (Fsp3) is 0.320. The molecule has 0 bridgehead atoms. The number of aromatic nitrogens is 5. The van der Waals surface area contributed by atoms with Crippen molar-refractivity contribution in [1.82, 2.24) is 24.5 Å². The van der Waals surface area contributed by atoms with E-state index in [0.29, 0.717) is 24.7 Å². The molecule has 0 saturated carbocycles. The smallest absolute Gasteiger partial charge is 0.335 e. The van der Waals surface area contributed by atoms with Crippen molar-refractivity contribution in [3.05, 3.63) is 65.9 Å². The number of carboxylic acid groups (broad SMARTS) is 1. The third-order valence-corrected chi connectivity index (χ3v) is 6.63. The van der Waals surface area contributed by atoms with Crippen molar-refractivity contribution in [2.45, 2.75) is 32.7 Å². The van der Waals surface area contributed by atoms with E-state index in [2.05, 4.69) is 44.0 Å². The summed E-state index contributed by atoms with van der Waals surface area (Å²) in [6, 6.07) is 3.44. The minimum Gasteiger partial charge on any atom is -0.478 e. The normalized spacial score (nSPS) is 17.0. The molecule has 1 fully saturated rings. The van der Waals surface area contributed by atoms with Crippen molar-refractivity contribution in [2.24, 2.45) is 5.92 Å². The molecule has 202 valence electrons. The molecule has 0 unspecified atom stereocenters. The monoisotopic (exact) mass is 565 g/mol. The number of aromatic carboxylic acids is 1. The van der Waals surface area contributed by atoms with Crippen LogP contribution in [0.2, 0.25) is 0 Å². The lowest BCUT2D eigenvalue weighted by Crippen LogP contribution is -2.41. The molecule has 0 amide bonds. The van der Waals surface area contributed by atoms with E-state index in [4.69, 9.17) is 5.11 Å². The number of halogens is 4. The number of piperidine rings is 1. The standard InChI is InChI=1S/C25H25F2N7O2.2ClH/c1-3-15-9-28-25(29-10-15)33-7-6-20(14(2)11-33)34-12-18(27)21-22(30-13-31-23(21)34)32-19-5-4-16(24(35)36)8-17(19)26;;/h4-5,8-10,12-14,20H,3,6-7,11H2,1-2H3,(H,35,36)(H,30,31,32);2*1H/t14-,20-;;/m1../s1. The first-order chi connectivity index (χ1) is 17.4. The Morgan fingerprint density at radius 1 is 1.13 bits per heavy atom. The third-order valence-electron chi connectivity index (χ3n) is 6.63. The summed E-state index contributed by atoms with van der Waals surface area (Å²) in [5.74, 6) is -1.60. The van der Waals surface area contributed by atoms with Crippen molar-refractivity contribution in [1.29, 1.82) is 0 Å². The van der Waals surface area contributed by atoms with Crippen molar-refractivity contribution < 1.29 is 18.7 Å². The van der Waals surface area contributed by atoms with Gasteiger partial charge in [0.25, 0.3) is 0 Å². The summed E-state index contributed by atoms with van der Waals surface area (Å²) >= 11 is 0. The molecule has 5 rings (SSSR count). The molecule has 13 heteroatoms. The Bertz CT molecular complexity index is 1440. The highest BCUT2D eigenvalue weighted by atomic mass is 35.5. The van der Waals surface area contributed by atoms with E-state index in [9.17, 15) is 9.18 Å². The highest BCUT2D eigenvalue weighted by molar-refractivity contribution is 5.91. The zero-order valence-corrected chi connectivity index (χ0v) is 22.3. The van der Waals surface area contributed by atoms with Gasteiger partial charge in [-0.25, -0.2) is 33.5 Å². The van der Waals surface area contributed by atoms with E-state index in [-0.39, 0.29) is 59.2 Å². The van der Waals surface area contributed by atoms with Crippen LogP contribution in [0.25, 0.3) is 11.0 Å². The summed E-state index contributed by atoms with van der Waals surface area (Å²) < 4.78 is 31.5. The minimum atomic E-state index is -1.24. The van der Waals surface area contributed by atoms with Crippen LogP contribution in [0.4, 0.5) is 26.2 Å². The average Bonchev–Trinajstić information content (AvgIpc) is 3.22. The molecule has 0 aliphatic carbocycles. The Morgan fingerprint density at radius 3 is 2.50 bits per heavy atom. The zero-order valence-electron chi connectivity index (χ0n) is 20.6. The van der Waals surface area contributed by atoms with Crippen LogP contribution in [0.3, 0.4) is 0 Å². The Labute approximate surface area is 230 Å². The number of carbonyl (C=O) groups is 1. The molecule has 1 saturated heterocycles. The quantitative estimate of drug-likeness (QED) is 0.318. The van der Waals surface area contributed by atoms with Crippen LogP contribution in [-0.4, -0.2) is 48.7 Å². The molecule has 1 aromatic carbocycles. The van der Waals surface area contributed by atoms with E-state index in [1.54, 1.807) is 0 Å². The van der Waals surface area contributed by atoms with E-state index in [1.165, 1.54) is 24.7 Å². The molecular formula is C25H27Cl2F2N7O2. The van der Waals surface area contributed by atoms with E-state index >= 15 is 4.39 Å². The van der Waals surface area contributed by atoms with E-state index in [0.717, 1.165) is 24.5 Å². The zero-order chi connectivity index (χ0) is 25.4. The Balaban J connectivity index is 0.00000200. The number of nitrogens with one attached hydrogen (secondary N) is 1. The lowest BCUT2D eigenvalue weighted by atomic mass is 9.94. The van der Waals surface area contributed by atoms with Gasteiger partial charge in [-0.2, -0.15) is 0 Å². The van der Waals surface area contributed by atoms with Gasteiger partial charge < -0.3 is 19.9 Å². The molecule has 3 aromatic heterocycles. The summed E-state index contributed by atoms with van der Waals surface area (Å²) in [6.45, 7) is 5.57. The predicted octanol–water partition coefficient (Wildman–Crippen LogP) is 5.43. The van der Waals surface area contributed by atoms with Gasteiger partial charge in [-0.1, -0.05) is 13.8 Å². The van der Waals surface area contributed by atoms with Gasteiger partial charge >= 0.3 is 5.97 Å². The Hall–Kier alpha value is -3.57. The number of rotatable bonds is 6. The number of carboxylic acids is 1. The minimum absolute atomic E-state index is 0.